The smallest absolute Gasteiger partial charge is 0.243 e. The minimum absolute atomic E-state index is 0.190. The number of benzene rings is 1. The third kappa shape index (κ3) is 4.40. The number of fused-ring (bicyclic) bond motifs is 1. The predicted octanol–water partition coefficient (Wildman–Crippen LogP) is 2.78. The van der Waals surface area contributed by atoms with Crippen molar-refractivity contribution < 1.29 is 18.8 Å². The summed E-state index contributed by atoms with van der Waals surface area (Å²) in [7, 11) is 0. The molecule has 1 saturated heterocycles. The Labute approximate surface area is 169 Å². The molecule has 3 atom stereocenters. The maximum absolute atomic E-state index is 13.7. The Morgan fingerprint density at radius 3 is 2.46 bits per heavy atom. The molecule has 2 aliphatic rings. The van der Waals surface area contributed by atoms with E-state index in [0.29, 0.717) is 24.2 Å². The molecule has 5 nitrogen and oxygen atoms in total. The van der Waals surface area contributed by atoms with Crippen LogP contribution in [0.1, 0.15) is 37.7 Å². The van der Waals surface area contributed by atoms with Gasteiger partial charge in [0.15, 0.2) is 0 Å². The SMILES string of the molecule is CSCC[C@@H](C(=O)NCCc1ccccc1F)N1C(=O)[C@H]2CCCC[C@H]2C1=O. The third-order valence-corrected chi connectivity index (χ3v) is 6.38. The fraction of sp³-hybridized carbons (Fsp3) is 0.571. The van der Waals surface area contributed by atoms with Crippen molar-refractivity contribution in [3.63, 3.8) is 0 Å². The summed E-state index contributed by atoms with van der Waals surface area (Å²) in [5, 5.41) is 2.81. The third-order valence-electron chi connectivity index (χ3n) is 5.74. The monoisotopic (exact) mass is 406 g/mol. The Bertz CT molecular complexity index is 718. The zero-order valence-corrected chi connectivity index (χ0v) is 17.0. The fourth-order valence-electron chi connectivity index (χ4n) is 4.24. The van der Waals surface area contributed by atoms with Crippen LogP contribution in [-0.4, -0.2) is 47.2 Å². The number of thioether (sulfide) groups is 1. The summed E-state index contributed by atoms with van der Waals surface area (Å²) in [5.74, 6) is -0.850. The Kier molecular flexibility index (Phi) is 7.10. The molecule has 152 valence electrons. The van der Waals surface area contributed by atoms with Crippen LogP contribution in [0, 0.1) is 17.7 Å². The first-order chi connectivity index (χ1) is 13.5. The number of rotatable bonds is 8. The summed E-state index contributed by atoms with van der Waals surface area (Å²) >= 11 is 1.58. The first-order valence-corrected chi connectivity index (χ1v) is 11.3. The van der Waals surface area contributed by atoms with Crippen LogP contribution in [-0.2, 0) is 20.8 Å². The minimum atomic E-state index is -0.779. The molecule has 1 N–H and O–H groups in total. The topological polar surface area (TPSA) is 66.5 Å². The maximum Gasteiger partial charge on any atom is 0.243 e. The average molecular weight is 407 g/mol. The summed E-state index contributed by atoms with van der Waals surface area (Å²) in [4.78, 5) is 39.8. The van der Waals surface area contributed by atoms with E-state index in [-0.39, 0.29) is 41.9 Å². The second-order valence-corrected chi connectivity index (χ2v) is 8.46. The van der Waals surface area contributed by atoms with Crippen molar-refractivity contribution in [2.24, 2.45) is 11.8 Å². The highest BCUT2D eigenvalue weighted by molar-refractivity contribution is 7.98. The number of carbonyl (C=O) groups is 3. The summed E-state index contributed by atoms with van der Waals surface area (Å²) in [6, 6.07) is 5.68. The van der Waals surface area contributed by atoms with Gasteiger partial charge < -0.3 is 5.32 Å². The number of likely N-dealkylation sites (tertiary alicyclic amines) is 1. The second-order valence-electron chi connectivity index (χ2n) is 7.47. The number of hydrogen-bond donors (Lipinski definition) is 1. The van der Waals surface area contributed by atoms with Gasteiger partial charge in [-0.15, -0.1) is 0 Å². The lowest BCUT2D eigenvalue weighted by Crippen LogP contribution is -2.50. The Morgan fingerprint density at radius 2 is 1.86 bits per heavy atom. The largest absolute Gasteiger partial charge is 0.354 e. The van der Waals surface area contributed by atoms with E-state index in [4.69, 9.17) is 0 Å². The van der Waals surface area contributed by atoms with Gasteiger partial charge in [0.2, 0.25) is 17.7 Å². The van der Waals surface area contributed by atoms with Gasteiger partial charge in [0.25, 0.3) is 0 Å². The van der Waals surface area contributed by atoms with Crippen LogP contribution in [0.2, 0.25) is 0 Å². The molecule has 28 heavy (non-hydrogen) atoms. The lowest BCUT2D eigenvalue weighted by molar-refractivity contribution is -0.148. The first kappa shape index (κ1) is 20.8. The standard InChI is InChI=1S/C21H27FN2O3S/c1-28-13-11-18(19(25)23-12-10-14-6-2-5-9-17(14)22)24-20(26)15-7-3-4-8-16(15)21(24)27/h2,5-6,9,15-16,18H,3-4,7-8,10-13H2,1H3,(H,23,25)/t15-,16+,18-/m0/s1. The molecule has 0 radical (unpaired) electrons. The molecule has 0 bridgehead atoms. The molecule has 2 fully saturated rings. The van der Waals surface area contributed by atoms with Crippen LogP contribution < -0.4 is 5.32 Å². The molecule has 1 heterocycles. The summed E-state index contributed by atoms with van der Waals surface area (Å²) < 4.78 is 13.7. The van der Waals surface area contributed by atoms with Crippen LogP contribution in [0.25, 0.3) is 0 Å². The van der Waals surface area contributed by atoms with E-state index in [0.717, 1.165) is 25.7 Å². The molecule has 3 rings (SSSR count). The van der Waals surface area contributed by atoms with Gasteiger partial charge in [0.05, 0.1) is 11.8 Å². The van der Waals surface area contributed by atoms with Crippen LogP contribution >= 0.6 is 11.8 Å². The van der Waals surface area contributed by atoms with Crippen molar-refractivity contribution in [3.05, 3.63) is 35.6 Å². The molecular weight excluding hydrogens is 379 g/mol. The zero-order valence-electron chi connectivity index (χ0n) is 16.2. The number of carbonyl (C=O) groups excluding carboxylic acids is 3. The van der Waals surface area contributed by atoms with E-state index >= 15 is 0 Å². The van der Waals surface area contributed by atoms with Gasteiger partial charge in [-0.25, -0.2) is 4.39 Å². The lowest BCUT2D eigenvalue weighted by atomic mass is 9.81. The zero-order chi connectivity index (χ0) is 20.1. The Hall–Kier alpha value is -1.89. The lowest BCUT2D eigenvalue weighted by Gasteiger charge is -2.26. The number of imide groups is 1. The normalized spacial score (nSPS) is 22.9. The number of halogens is 1. The molecule has 1 aromatic rings. The molecule has 1 aliphatic carbocycles. The molecule has 1 aliphatic heterocycles. The summed E-state index contributed by atoms with van der Waals surface area (Å²) in [6.45, 7) is 0.263. The number of amides is 3. The minimum Gasteiger partial charge on any atom is -0.354 e. The van der Waals surface area contributed by atoms with Crippen molar-refractivity contribution in [3.8, 4) is 0 Å². The molecule has 0 unspecified atom stereocenters. The van der Waals surface area contributed by atoms with Gasteiger partial charge in [0.1, 0.15) is 11.9 Å². The molecule has 0 spiro atoms. The van der Waals surface area contributed by atoms with Crippen LogP contribution in [0.5, 0.6) is 0 Å². The number of hydrogen-bond acceptors (Lipinski definition) is 4. The van der Waals surface area contributed by atoms with Crippen molar-refractivity contribution in [2.75, 3.05) is 18.6 Å². The van der Waals surface area contributed by atoms with Crippen LogP contribution in [0.3, 0.4) is 0 Å². The summed E-state index contributed by atoms with van der Waals surface area (Å²) in [6.07, 6.45) is 6.10. The molecule has 0 aromatic heterocycles. The molecule has 1 saturated carbocycles. The van der Waals surface area contributed by atoms with Gasteiger partial charge >= 0.3 is 0 Å². The quantitative estimate of drug-likeness (QED) is 0.674. The van der Waals surface area contributed by atoms with Gasteiger partial charge in [-0.3, -0.25) is 19.3 Å². The van der Waals surface area contributed by atoms with Crippen molar-refractivity contribution in [2.45, 2.75) is 44.6 Å². The van der Waals surface area contributed by atoms with E-state index < -0.39 is 6.04 Å². The van der Waals surface area contributed by atoms with Gasteiger partial charge in [-0.05, 0) is 49.3 Å². The second kappa shape index (κ2) is 9.54. The summed E-state index contributed by atoms with van der Waals surface area (Å²) in [5.41, 5.74) is 0.530. The fourth-order valence-corrected chi connectivity index (χ4v) is 4.70. The highest BCUT2D eigenvalue weighted by atomic mass is 32.2. The Balaban J connectivity index is 1.67. The first-order valence-electron chi connectivity index (χ1n) is 9.91. The van der Waals surface area contributed by atoms with E-state index in [2.05, 4.69) is 5.32 Å². The highest BCUT2D eigenvalue weighted by Crippen LogP contribution is 2.39. The highest BCUT2D eigenvalue weighted by Gasteiger charge is 2.51. The van der Waals surface area contributed by atoms with Crippen LogP contribution in [0.4, 0.5) is 4.39 Å². The molecule has 1 aromatic carbocycles. The number of nitrogens with zero attached hydrogens (tertiary/aromatic N) is 1. The van der Waals surface area contributed by atoms with Crippen molar-refractivity contribution in [1.29, 1.82) is 0 Å². The molecule has 3 amide bonds. The van der Waals surface area contributed by atoms with Gasteiger partial charge in [-0.2, -0.15) is 11.8 Å². The van der Waals surface area contributed by atoms with Crippen molar-refractivity contribution in [1.82, 2.24) is 10.2 Å². The van der Waals surface area contributed by atoms with E-state index in [1.807, 2.05) is 6.26 Å². The molecular formula is C21H27FN2O3S. The number of nitrogens with one attached hydrogen (secondary N) is 1. The Morgan fingerprint density at radius 1 is 1.21 bits per heavy atom. The van der Waals surface area contributed by atoms with Gasteiger partial charge in [-0.1, -0.05) is 31.0 Å². The maximum atomic E-state index is 13.7. The van der Waals surface area contributed by atoms with E-state index in [1.165, 1.54) is 11.0 Å². The van der Waals surface area contributed by atoms with E-state index in [9.17, 15) is 18.8 Å². The van der Waals surface area contributed by atoms with Gasteiger partial charge in [0, 0.05) is 6.54 Å². The predicted molar refractivity (Wildman–Crippen MR) is 107 cm³/mol. The van der Waals surface area contributed by atoms with Crippen LogP contribution in [0.15, 0.2) is 24.3 Å². The average Bonchev–Trinajstić information content (AvgIpc) is 2.95. The molecule has 7 heteroatoms. The van der Waals surface area contributed by atoms with Crippen molar-refractivity contribution >= 4 is 29.5 Å². The van der Waals surface area contributed by atoms with E-state index in [1.54, 1.807) is 30.0 Å².